The Morgan fingerprint density at radius 3 is 2.78 bits per heavy atom. The molecular formula is C19H24N6O2. The summed E-state index contributed by atoms with van der Waals surface area (Å²) in [6.45, 7) is 2.49. The van der Waals surface area contributed by atoms with E-state index in [2.05, 4.69) is 26.0 Å². The largest absolute Gasteiger partial charge is 0.350 e. The van der Waals surface area contributed by atoms with Crippen molar-refractivity contribution in [1.29, 1.82) is 0 Å². The highest BCUT2D eigenvalue weighted by Gasteiger charge is 2.57. The second-order valence-corrected chi connectivity index (χ2v) is 7.39. The lowest BCUT2D eigenvalue weighted by atomic mass is 9.92. The minimum Gasteiger partial charge on any atom is -0.350 e. The standard InChI is InChI=1S/C19H24N6O2/c26-16(21-11-14-4-2-1-3-5-14)12-25-13-22-18(24-25)23-17(27)15-10-19(15)6-8-20-9-7-19/h1-5,13,15,20H,6-12H2,(H,21,26)(H,23,24,27). The fraction of sp³-hybridized carbons (Fsp3) is 0.474. The van der Waals surface area contributed by atoms with E-state index < -0.39 is 0 Å². The van der Waals surface area contributed by atoms with E-state index in [-0.39, 0.29) is 35.6 Å². The van der Waals surface area contributed by atoms with Crippen LogP contribution in [-0.4, -0.2) is 39.7 Å². The Bertz CT molecular complexity index is 813. The first kappa shape index (κ1) is 17.7. The van der Waals surface area contributed by atoms with Gasteiger partial charge in [-0.1, -0.05) is 30.3 Å². The van der Waals surface area contributed by atoms with Crippen LogP contribution in [0.15, 0.2) is 36.7 Å². The van der Waals surface area contributed by atoms with Crippen molar-refractivity contribution in [2.75, 3.05) is 18.4 Å². The number of benzene rings is 1. The molecule has 1 spiro atoms. The molecular weight excluding hydrogens is 344 g/mol. The van der Waals surface area contributed by atoms with Crippen LogP contribution in [0.5, 0.6) is 0 Å². The van der Waals surface area contributed by atoms with Crippen molar-refractivity contribution in [2.45, 2.75) is 32.4 Å². The molecule has 2 aromatic rings. The van der Waals surface area contributed by atoms with Crippen molar-refractivity contribution in [3.63, 3.8) is 0 Å². The number of piperidine rings is 1. The molecule has 2 fully saturated rings. The highest BCUT2D eigenvalue weighted by molar-refractivity contribution is 5.93. The highest BCUT2D eigenvalue weighted by Crippen LogP contribution is 2.58. The third kappa shape index (κ3) is 4.16. The van der Waals surface area contributed by atoms with Crippen molar-refractivity contribution >= 4 is 17.8 Å². The molecule has 1 saturated carbocycles. The topological polar surface area (TPSA) is 101 Å². The summed E-state index contributed by atoms with van der Waals surface area (Å²) in [6.07, 6.45) is 4.51. The van der Waals surface area contributed by atoms with Crippen LogP contribution in [0, 0.1) is 11.3 Å². The molecule has 1 aliphatic carbocycles. The quantitative estimate of drug-likeness (QED) is 0.704. The van der Waals surface area contributed by atoms with E-state index in [4.69, 9.17) is 0 Å². The maximum Gasteiger partial charge on any atom is 0.248 e. The lowest BCUT2D eigenvalue weighted by Crippen LogP contribution is -2.31. The molecule has 3 N–H and O–H groups in total. The summed E-state index contributed by atoms with van der Waals surface area (Å²) in [4.78, 5) is 28.6. The zero-order chi connectivity index (χ0) is 18.7. The van der Waals surface area contributed by atoms with Gasteiger partial charge in [-0.05, 0) is 43.3 Å². The molecule has 1 atom stereocenters. The molecule has 4 rings (SSSR count). The van der Waals surface area contributed by atoms with Crippen molar-refractivity contribution in [2.24, 2.45) is 11.3 Å². The van der Waals surface area contributed by atoms with Crippen molar-refractivity contribution < 1.29 is 9.59 Å². The molecule has 1 aromatic heterocycles. The Labute approximate surface area is 157 Å². The number of nitrogens with one attached hydrogen (secondary N) is 3. The summed E-state index contributed by atoms with van der Waals surface area (Å²) >= 11 is 0. The summed E-state index contributed by atoms with van der Waals surface area (Å²) in [5.74, 6) is 0.147. The van der Waals surface area contributed by atoms with Gasteiger partial charge in [0.2, 0.25) is 17.8 Å². The number of nitrogens with zero attached hydrogens (tertiary/aromatic N) is 3. The van der Waals surface area contributed by atoms with Gasteiger partial charge in [-0.15, -0.1) is 5.10 Å². The van der Waals surface area contributed by atoms with Crippen LogP contribution in [0.4, 0.5) is 5.95 Å². The predicted molar refractivity (Wildman–Crippen MR) is 99.6 cm³/mol. The first-order chi connectivity index (χ1) is 13.1. The maximum absolute atomic E-state index is 12.4. The molecule has 0 radical (unpaired) electrons. The minimum absolute atomic E-state index is 0.0109. The number of hydrogen-bond donors (Lipinski definition) is 3. The monoisotopic (exact) mass is 368 g/mol. The number of carbonyl (C=O) groups excluding carboxylic acids is 2. The maximum atomic E-state index is 12.4. The Hall–Kier alpha value is -2.74. The fourth-order valence-electron chi connectivity index (χ4n) is 3.82. The molecule has 0 bridgehead atoms. The van der Waals surface area contributed by atoms with E-state index in [0.717, 1.165) is 37.9 Å². The van der Waals surface area contributed by atoms with E-state index >= 15 is 0 Å². The molecule has 1 unspecified atom stereocenters. The van der Waals surface area contributed by atoms with Gasteiger partial charge in [-0.25, -0.2) is 9.67 Å². The molecule has 142 valence electrons. The minimum atomic E-state index is -0.155. The van der Waals surface area contributed by atoms with Crippen LogP contribution in [0.1, 0.15) is 24.8 Å². The molecule has 27 heavy (non-hydrogen) atoms. The van der Waals surface area contributed by atoms with E-state index in [1.54, 1.807) is 0 Å². The normalized spacial score (nSPS) is 20.2. The van der Waals surface area contributed by atoms with Gasteiger partial charge in [0.05, 0.1) is 0 Å². The van der Waals surface area contributed by atoms with E-state index in [1.807, 2.05) is 30.3 Å². The zero-order valence-electron chi connectivity index (χ0n) is 15.1. The Morgan fingerprint density at radius 1 is 1.22 bits per heavy atom. The molecule has 2 heterocycles. The molecule has 1 saturated heterocycles. The first-order valence-electron chi connectivity index (χ1n) is 9.36. The molecule has 1 aromatic carbocycles. The molecule has 8 heteroatoms. The second kappa shape index (κ2) is 7.48. The van der Waals surface area contributed by atoms with Crippen LogP contribution in [0.25, 0.3) is 0 Å². The summed E-state index contributed by atoms with van der Waals surface area (Å²) in [5, 5.41) is 13.2. The third-order valence-corrected chi connectivity index (χ3v) is 5.52. The third-order valence-electron chi connectivity index (χ3n) is 5.52. The van der Waals surface area contributed by atoms with Gasteiger partial charge in [0, 0.05) is 12.5 Å². The highest BCUT2D eigenvalue weighted by atomic mass is 16.2. The Morgan fingerprint density at radius 2 is 2.00 bits per heavy atom. The molecule has 1 aliphatic heterocycles. The van der Waals surface area contributed by atoms with Gasteiger partial charge < -0.3 is 10.6 Å². The summed E-state index contributed by atoms with van der Waals surface area (Å²) < 4.78 is 1.43. The van der Waals surface area contributed by atoms with Gasteiger partial charge in [0.1, 0.15) is 12.9 Å². The average Bonchev–Trinajstić information content (AvgIpc) is 3.19. The summed E-state index contributed by atoms with van der Waals surface area (Å²) in [5.41, 5.74) is 1.21. The number of rotatable bonds is 6. The van der Waals surface area contributed by atoms with E-state index in [0.29, 0.717) is 6.54 Å². The number of carbonyl (C=O) groups is 2. The number of amides is 2. The van der Waals surface area contributed by atoms with Crippen molar-refractivity contribution in [3.05, 3.63) is 42.2 Å². The Kier molecular flexibility index (Phi) is 4.89. The van der Waals surface area contributed by atoms with Crippen LogP contribution >= 0.6 is 0 Å². The predicted octanol–water partition coefficient (Wildman–Crippen LogP) is 0.923. The average molecular weight is 368 g/mol. The van der Waals surface area contributed by atoms with Crippen molar-refractivity contribution in [1.82, 2.24) is 25.4 Å². The van der Waals surface area contributed by atoms with Gasteiger partial charge in [0.25, 0.3) is 0 Å². The van der Waals surface area contributed by atoms with Gasteiger partial charge >= 0.3 is 0 Å². The van der Waals surface area contributed by atoms with Gasteiger partial charge in [-0.2, -0.15) is 0 Å². The SMILES string of the molecule is O=C(Cn1cnc(NC(=O)C2CC23CCNCC3)n1)NCc1ccccc1. The lowest BCUT2D eigenvalue weighted by molar-refractivity contribution is -0.122. The summed E-state index contributed by atoms with van der Waals surface area (Å²) in [7, 11) is 0. The first-order valence-corrected chi connectivity index (χ1v) is 9.36. The van der Waals surface area contributed by atoms with E-state index in [9.17, 15) is 9.59 Å². The van der Waals surface area contributed by atoms with Crippen LogP contribution in [0.2, 0.25) is 0 Å². The van der Waals surface area contributed by atoms with Crippen LogP contribution in [-0.2, 0) is 22.7 Å². The number of aromatic nitrogens is 3. The number of hydrogen-bond acceptors (Lipinski definition) is 5. The molecule has 8 nitrogen and oxygen atoms in total. The zero-order valence-corrected chi connectivity index (χ0v) is 15.1. The van der Waals surface area contributed by atoms with Gasteiger partial charge in [-0.3, -0.25) is 14.9 Å². The fourth-order valence-corrected chi connectivity index (χ4v) is 3.82. The van der Waals surface area contributed by atoms with Gasteiger partial charge in [0.15, 0.2) is 0 Å². The molecule has 2 amide bonds. The van der Waals surface area contributed by atoms with Crippen LogP contribution < -0.4 is 16.0 Å². The number of anilines is 1. The van der Waals surface area contributed by atoms with E-state index in [1.165, 1.54) is 11.0 Å². The summed E-state index contributed by atoms with van der Waals surface area (Å²) in [6, 6.07) is 9.71. The van der Waals surface area contributed by atoms with Crippen molar-refractivity contribution in [3.8, 4) is 0 Å². The second-order valence-electron chi connectivity index (χ2n) is 7.39. The Balaban J connectivity index is 1.25. The smallest absolute Gasteiger partial charge is 0.248 e. The lowest BCUT2D eigenvalue weighted by Gasteiger charge is -2.22. The molecule has 2 aliphatic rings. The van der Waals surface area contributed by atoms with Crippen LogP contribution in [0.3, 0.4) is 0 Å².